The molecule has 20 heavy (non-hydrogen) atoms. The molecule has 0 aliphatic rings. The van der Waals surface area contributed by atoms with Crippen LogP contribution in [0.5, 0.6) is 0 Å². The van der Waals surface area contributed by atoms with Crippen LogP contribution in [0.3, 0.4) is 0 Å². The third-order valence-corrected chi connectivity index (χ3v) is 3.11. The molecular formula is C13H9ClN4O2. The van der Waals surface area contributed by atoms with E-state index in [-0.39, 0.29) is 12.2 Å². The molecule has 0 fully saturated rings. The molecule has 3 aromatic rings. The summed E-state index contributed by atoms with van der Waals surface area (Å²) in [4.78, 5) is 14.7. The average molecular weight is 289 g/mol. The lowest BCUT2D eigenvalue weighted by Gasteiger charge is -2.09. The van der Waals surface area contributed by atoms with Crippen molar-refractivity contribution in [1.29, 1.82) is 0 Å². The Balaban J connectivity index is 2.14. The molecule has 0 aliphatic carbocycles. The molecule has 1 atom stereocenters. The van der Waals surface area contributed by atoms with Crippen molar-refractivity contribution in [3.05, 3.63) is 53.0 Å². The Bertz CT molecular complexity index is 787. The molecule has 0 saturated carbocycles. The fourth-order valence-corrected chi connectivity index (χ4v) is 2.12. The first kappa shape index (κ1) is 12.7. The van der Waals surface area contributed by atoms with E-state index in [1.807, 2.05) is 6.07 Å². The zero-order chi connectivity index (χ0) is 14.1. The van der Waals surface area contributed by atoms with Gasteiger partial charge in [0.1, 0.15) is 0 Å². The molecule has 1 N–H and O–H groups in total. The monoisotopic (exact) mass is 288 g/mol. The van der Waals surface area contributed by atoms with Gasteiger partial charge in [0.2, 0.25) is 0 Å². The number of nitrogens with one attached hydrogen (secondary N) is 1. The van der Waals surface area contributed by atoms with Gasteiger partial charge < -0.3 is 5.21 Å². The molecular weight excluding hydrogens is 280 g/mol. The molecule has 1 unspecified atom stereocenters. The minimum atomic E-state index is -0.648. The summed E-state index contributed by atoms with van der Waals surface area (Å²) < 4.78 is 1.54. The second-order valence-electron chi connectivity index (χ2n) is 4.12. The summed E-state index contributed by atoms with van der Waals surface area (Å²) >= 11 is 5.94. The zero-order valence-electron chi connectivity index (χ0n) is 10.2. The number of aromatic nitrogens is 3. The summed E-state index contributed by atoms with van der Waals surface area (Å²) in [6.07, 6.45) is 3.51. The number of hydrogen-bond donors (Lipinski definition) is 1. The number of carbonyl (C=O) groups excluding carboxylic acids is 1. The zero-order valence-corrected chi connectivity index (χ0v) is 10.9. The highest BCUT2D eigenvalue weighted by Gasteiger charge is 2.10. The van der Waals surface area contributed by atoms with Gasteiger partial charge >= 0.3 is 6.41 Å². The Morgan fingerprint density at radius 3 is 2.95 bits per heavy atom. The van der Waals surface area contributed by atoms with E-state index in [1.54, 1.807) is 30.6 Å². The SMILES string of the molecule is O=C[NH+]([O-])c1ccn(-c2ccnc3cc(Cl)ccc23)n1. The van der Waals surface area contributed by atoms with Gasteiger partial charge in [0.25, 0.3) is 5.82 Å². The number of hydroxylamine groups is 1. The highest BCUT2D eigenvalue weighted by Crippen LogP contribution is 2.23. The smallest absolute Gasteiger partial charge is 0.306 e. The molecule has 0 radical (unpaired) electrons. The number of rotatable bonds is 3. The highest BCUT2D eigenvalue weighted by atomic mass is 35.5. The third-order valence-electron chi connectivity index (χ3n) is 2.88. The highest BCUT2D eigenvalue weighted by molar-refractivity contribution is 6.31. The summed E-state index contributed by atoms with van der Waals surface area (Å²) in [5.41, 5.74) is 1.49. The van der Waals surface area contributed by atoms with E-state index in [2.05, 4.69) is 10.1 Å². The summed E-state index contributed by atoms with van der Waals surface area (Å²) in [6.45, 7) is 0. The molecule has 1 amide bonds. The Kier molecular flexibility index (Phi) is 3.19. The predicted octanol–water partition coefficient (Wildman–Crippen LogP) is 1.24. The molecule has 2 heterocycles. The number of halogens is 1. The van der Waals surface area contributed by atoms with E-state index in [0.717, 1.165) is 16.6 Å². The minimum Gasteiger partial charge on any atom is -0.620 e. The second kappa shape index (κ2) is 5.01. The number of fused-ring (bicyclic) bond motifs is 1. The van der Waals surface area contributed by atoms with Gasteiger partial charge in [0, 0.05) is 28.9 Å². The number of nitrogens with zero attached hydrogens (tertiary/aromatic N) is 3. The van der Waals surface area contributed by atoms with Crippen molar-refractivity contribution >= 4 is 34.7 Å². The fourth-order valence-electron chi connectivity index (χ4n) is 1.96. The van der Waals surface area contributed by atoms with Crippen LogP contribution in [-0.2, 0) is 4.79 Å². The van der Waals surface area contributed by atoms with Gasteiger partial charge in [0.05, 0.1) is 11.2 Å². The van der Waals surface area contributed by atoms with E-state index in [0.29, 0.717) is 5.02 Å². The first-order valence-electron chi connectivity index (χ1n) is 5.79. The second-order valence-corrected chi connectivity index (χ2v) is 4.56. The number of pyridine rings is 1. The standard InChI is InChI=1S/C13H9ClN4O2/c14-9-1-2-10-11(7-9)15-5-3-12(10)17-6-4-13(16-17)18(20)8-19/h1-8,18H. The lowest BCUT2D eigenvalue weighted by Crippen LogP contribution is -3.01. The quantitative estimate of drug-likeness (QED) is 0.581. The van der Waals surface area contributed by atoms with Crippen molar-refractivity contribution in [3.63, 3.8) is 0 Å². The topological polar surface area (TPSA) is 75.3 Å². The van der Waals surface area contributed by atoms with Gasteiger partial charge in [-0.15, -0.1) is 5.10 Å². The van der Waals surface area contributed by atoms with Gasteiger partial charge in [0.15, 0.2) is 0 Å². The Labute approximate surface area is 118 Å². The van der Waals surface area contributed by atoms with Gasteiger partial charge in [-0.1, -0.05) is 11.6 Å². The third kappa shape index (κ3) is 2.16. The first-order chi connectivity index (χ1) is 9.69. The number of hydrogen-bond acceptors (Lipinski definition) is 4. The van der Waals surface area contributed by atoms with Crippen molar-refractivity contribution in [2.24, 2.45) is 0 Å². The molecule has 100 valence electrons. The molecule has 3 rings (SSSR count). The van der Waals surface area contributed by atoms with Gasteiger partial charge in [-0.3, -0.25) is 10.0 Å². The van der Waals surface area contributed by atoms with Crippen molar-refractivity contribution in [1.82, 2.24) is 14.8 Å². The van der Waals surface area contributed by atoms with Crippen molar-refractivity contribution in [2.45, 2.75) is 0 Å². The lowest BCUT2D eigenvalue weighted by molar-refractivity contribution is -0.680. The van der Waals surface area contributed by atoms with E-state index < -0.39 is 5.06 Å². The Hall–Kier alpha value is -2.28. The number of benzene rings is 1. The summed E-state index contributed by atoms with van der Waals surface area (Å²) in [5.74, 6) is 0.110. The molecule has 0 spiro atoms. The van der Waals surface area contributed by atoms with E-state index in [1.165, 1.54) is 10.7 Å². The fraction of sp³-hybridized carbons (Fsp3) is 0. The summed E-state index contributed by atoms with van der Waals surface area (Å²) in [5, 5.41) is 16.2. The normalized spacial score (nSPS) is 12.5. The molecule has 0 saturated heterocycles. The largest absolute Gasteiger partial charge is 0.620 e. The van der Waals surface area contributed by atoms with Crippen LogP contribution >= 0.6 is 11.6 Å². The van der Waals surface area contributed by atoms with Crippen molar-refractivity contribution in [2.75, 3.05) is 0 Å². The van der Waals surface area contributed by atoms with Crippen LogP contribution in [0.15, 0.2) is 42.7 Å². The number of amides is 1. The molecule has 7 heteroatoms. The lowest BCUT2D eigenvalue weighted by atomic mass is 10.2. The molecule has 6 nitrogen and oxygen atoms in total. The maximum absolute atomic E-state index is 11.3. The van der Waals surface area contributed by atoms with Crippen LogP contribution in [0.1, 0.15) is 0 Å². The van der Waals surface area contributed by atoms with Crippen LogP contribution in [0.25, 0.3) is 16.6 Å². The Morgan fingerprint density at radius 1 is 1.30 bits per heavy atom. The van der Waals surface area contributed by atoms with Crippen molar-refractivity contribution < 1.29 is 9.86 Å². The van der Waals surface area contributed by atoms with Crippen LogP contribution < -0.4 is 5.06 Å². The molecule has 2 aromatic heterocycles. The number of quaternary nitrogens is 1. The van der Waals surface area contributed by atoms with Gasteiger partial charge in [-0.2, -0.15) is 0 Å². The van der Waals surface area contributed by atoms with Crippen LogP contribution in [0.4, 0.5) is 5.82 Å². The Morgan fingerprint density at radius 2 is 2.15 bits per heavy atom. The van der Waals surface area contributed by atoms with E-state index in [9.17, 15) is 10.0 Å². The molecule has 0 aliphatic heterocycles. The molecule has 0 bridgehead atoms. The molecule has 1 aromatic carbocycles. The van der Waals surface area contributed by atoms with Gasteiger partial charge in [-0.05, 0) is 24.3 Å². The maximum Gasteiger partial charge on any atom is 0.306 e. The van der Waals surface area contributed by atoms with E-state index >= 15 is 0 Å². The minimum absolute atomic E-state index is 0.110. The maximum atomic E-state index is 11.3. The summed E-state index contributed by atoms with van der Waals surface area (Å²) in [6, 6.07) is 8.62. The summed E-state index contributed by atoms with van der Waals surface area (Å²) in [7, 11) is 0. The van der Waals surface area contributed by atoms with Gasteiger partial charge in [-0.25, -0.2) is 9.48 Å². The van der Waals surface area contributed by atoms with Crippen molar-refractivity contribution in [3.8, 4) is 5.69 Å². The average Bonchev–Trinajstić information content (AvgIpc) is 2.95. The van der Waals surface area contributed by atoms with Crippen LogP contribution in [-0.4, -0.2) is 21.2 Å². The van der Waals surface area contributed by atoms with E-state index in [4.69, 9.17) is 11.6 Å². The van der Waals surface area contributed by atoms with Crippen LogP contribution in [0, 0.1) is 5.21 Å². The first-order valence-corrected chi connectivity index (χ1v) is 6.16. The van der Waals surface area contributed by atoms with Crippen LogP contribution in [0.2, 0.25) is 5.02 Å². The number of carbonyl (C=O) groups is 1. The predicted molar refractivity (Wildman–Crippen MR) is 73.9 cm³/mol.